The molecule has 9 nitrogen and oxygen atoms in total. The standard InChI is InChI=1S/C13H13N5O4S/c1-22-10-5-7(18-23(2,20)21)3-4-8(10)12-14-9-6-11(19)16-17-13(9)15-12/h3-6,18H,1-2H3,(H,16,19)(H,14,15,17)/p+1. The summed E-state index contributed by atoms with van der Waals surface area (Å²) in [6.45, 7) is 0. The number of aromatic nitrogens is 4. The Morgan fingerprint density at radius 2 is 2.09 bits per heavy atom. The molecular weight excluding hydrogens is 322 g/mol. The third-order valence-electron chi connectivity index (χ3n) is 3.09. The Bertz CT molecular complexity index is 1040. The molecule has 0 radical (unpaired) electrons. The summed E-state index contributed by atoms with van der Waals surface area (Å²) in [5, 5.41) is 6.23. The number of anilines is 1. The lowest BCUT2D eigenvalue weighted by molar-refractivity contribution is -0.333. The van der Waals surface area contributed by atoms with Crippen molar-refractivity contribution in [1.82, 2.24) is 15.2 Å². The molecule has 0 aliphatic carbocycles. The normalized spacial score (nSPS) is 11.6. The van der Waals surface area contributed by atoms with E-state index < -0.39 is 10.0 Å². The van der Waals surface area contributed by atoms with Gasteiger partial charge in [0.15, 0.2) is 5.52 Å². The molecule has 0 aliphatic rings. The van der Waals surface area contributed by atoms with E-state index in [1.165, 1.54) is 13.2 Å². The highest BCUT2D eigenvalue weighted by molar-refractivity contribution is 7.92. The minimum absolute atomic E-state index is 0.320. The first kappa shape index (κ1) is 15.0. The van der Waals surface area contributed by atoms with Crippen molar-refractivity contribution in [3.63, 3.8) is 0 Å². The summed E-state index contributed by atoms with van der Waals surface area (Å²) in [4.78, 5) is 17.4. The maximum Gasteiger partial charge on any atom is 0.323 e. The Hall–Kier alpha value is -2.88. The predicted octanol–water partition coefficient (Wildman–Crippen LogP) is 0.112. The molecule has 4 N–H and O–H groups in total. The van der Waals surface area contributed by atoms with Gasteiger partial charge in [-0.3, -0.25) is 14.5 Å². The van der Waals surface area contributed by atoms with Gasteiger partial charge in [0.05, 0.1) is 30.7 Å². The van der Waals surface area contributed by atoms with Crippen LogP contribution in [0.25, 0.3) is 22.6 Å². The molecule has 0 unspecified atom stereocenters. The lowest BCUT2D eigenvalue weighted by Crippen LogP contribution is -2.11. The van der Waals surface area contributed by atoms with E-state index in [-0.39, 0.29) is 5.56 Å². The first-order valence-electron chi connectivity index (χ1n) is 6.52. The van der Waals surface area contributed by atoms with Crippen LogP contribution in [0.5, 0.6) is 5.75 Å². The SMILES string of the molecule is COc1cc(NS(C)(=O)=O)ccc1-c1[nH]c2cc(=O)[nH]nc2[nH+]1. The van der Waals surface area contributed by atoms with Crippen molar-refractivity contribution in [3.05, 3.63) is 34.6 Å². The van der Waals surface area contributed by atoms with Gasteiger partial charge in [0, 0.05) is 6.07 Å². The number of sulfonamides is 1. The zero-order chi connectivity index (χ0) is 16.6. The van der Waals surface area contributed by atoms with E-state index in [0.717, 1.165) is 6.26 Å². The third-order valence-corrected chi connectivity index (χ3v) is 3.69. The predicted molar refractivity (Wildman–Crippen MR) is 83.7 cm³/mol. The Kier molecular flexibility index (Phi) is 3.52. The maximum absolute atomic E-state index is 11.3. The maximum atomic E-state index is 11.3. The monoisotopic (exact) mass is 336 g/mol. The fourth-order valence-electron chi connectivity index (χ4n) is 2.19. The summed E-state index contributed by atoms with van der Waals surface area (Å²) in [7, 11) is -1.90. The summed E-state index contributed by atoms with van der Waals surface area (Å²) < 4.78 is 30.3. The number of nitrogens with zero attached hydrogens (tertiary/aromatic N) is 1. The van der Waals surface area contributed by atoms with E-state index in [1.54, 1.807) is 18.2 Å². The zero-order valence-corrected chi connectivity index (χ0v) is 13.1. The molecule has 0 saturated heterocycles. The molecule has 0 bridgehead atoms. The number of rotatable bonds is 4. The molecule has 1 aromatic carbocycles. The molecule has 23 heavy (non-hydrogen) atoms. The molecule has 0 spiro atoms. The molecule has 2 aromatic heterocycles. The molecule has 0 amide bonds. The lowest BCUT2D eigenvalue weighted by atomic mass is 10.1. The van der Waals surface area contributed by atoms with Gasteiger partial charge in [0.25, 0.3) is 5.56 Å². The van der Waals surface area contributed by atoms with Gasteiger partial charge < -0.3 is 4.74 Å². The lowest BCUT2D eigenvalue weighted by Gasteiger charge is -2.08. The number of nitrogens with one attached hydrogen (secondary N) is 4. The van der Waals surface area contributed by atoms with Crippen LogP contribution in [0, 0.1) is 0 Å². The van der Waals surface area contributed by atoms with Crippen molar-refractivity contribution < 1.29 is 18.1 Å². The van der Waals surface area contributed by atoms with E-state index in [1.807, 2.05) is 0 Å². The van der Waals surface area contributed by atoms with Crippen LogP contribution in [-0.2, 0) is 10.0 Å². The van der Waals surface area contributed by atoms with Crippen LogP contribution in [0.2, 0.25) is 0 Å². The van der Waals surface area contributed by atoms with Gasteiger partial charge in [-0.1, -0.05) is 0 Å². The van der Waals surface area contributed by atoms with Crippen molar-refractivity contribution in [2.75, 3.05) is 18.1 Å². The number of hydrogen-bond donors (Lipinski definition) is 3. The van der Waals surface area contributed by atoms with Crippen LogP contribution in [0.15, 0.2) is 29.1 Å². The number of fused-ring (bicyclic) bond motifs is 1. The molecule has 120 valence electrons. The van der Waals surface area contributed by atoms with Gasteiger partial charge in [-0.2, -0.15) is 5.10 Å². The van der Waals surface area contributed by atoms with Crippen molar-refractivity contribution in [2.45, 2.75) is 0 Å². The largest absolute Gasteiger partial charge is 0.496 e. The Balaban J connectivity index is 2.08. The van der Waals surface area contributed by atoms with Gasteiger partial charge in [-0.25, -0.2) is 13.4 Å². The van der Waals surface area contributed by atoms with Crippen LogP contribution < -0.4 is 20.0 Å². The molecule has 3 aromatic rings. The summed E-state index contributed by atoms with van der Waals surface area (Å²) >= 11 is 0. The number of H-pyrrole nitrogens is 3. The summed E-state index contributed by atoms with van der Waals surface area (Å²) in [5.41, 5.74) is 1.76. The smallest absolute Gasteiger partial charge is 0.323 e. The van der Waals surface area contributed by atoms with Gasteiger partial charge >= 0.3 is 5.65 Å². The van der Waals surface area contributed by atoms with Crippen molar-refractivity contribution in [3.8, 4) is 17.1 Å². The van der Waals surface area contributed by atoms with E-state index in [9.17, 15) is 13.2 Å². The topological polar surface area (TPSA) is 131 Å². The molecule has 3 rings (SSSR count). The molecule has 0 fully saturated rings. The van der Waals surface area contributed by atoms with Gasteiger partial charge in [-0.15, -0.1) is 0 Å². The zero-order valence-electron chi connectivity index (χ0n) is 12.3. The number of methoxy groups -OCH3 is 1. The number of hydrogen-bond acceptors (Lipinski definition) is 5. The van der Waals surface area contributed by atoms with E-state index in [2.05, 4.69) is 24.9 Å². The first-order chi connectivity index (χ1) is 10.9. The molecule has 0 atom stereocenters. The highest BCUT2D eigenvalue weighted by Gasteiger charge is 2.17. The third kappa shape index (κ3) is 3.16. The fraction of sp³-hybridized carbons (Fsp3) is 0.154. The van der Waals surface area contributed by atoms with E-state index in [0.29, 0.717) is 34.0 Å². The summed E-state index contributed by atoms with van der Waals surface area (Å²) in [6.07, 6.45) is 1.07. The second-order valence-corrected chi connectivity index (χ2v) is 6.66. The average Bonchev–Trinajstić information content (AvgIpc) is 2.88. The minimum Gasteiger partial charge on any atom is -0.496 e. The van der Waals surface area contributed by atoms with E-state index >= 15 is 0 Å². The fourth-order valence-corrected chi connectivity index (χ4v) is 2.74. The number of imidazole rings is 1. The quantitative estimate of drug-likeness (QED) is 0.622. The second kappa shape index (κ2) is 5.39. The van der Waals surface area contributed by atoms with Crippen LogP contribution in [0.4, 0.5) is 5.69 Å². The van der Waals surface area contributed by atoms with Crippen LogP contribution >= 0.6 is 0 Å². The molecule has 10 heteroatoms. The number of ether oxygens (including phenoxy) is 1. The average molecular weight is 336 g/mol. The van der Waals surface area contributed by atoms with Gasteiger partial charge in [0.2, 0.25) is 15.8 Å². The van der Waals surface area contributed by atoms with Crippen molar-refractivity contribution in [2.24, 2.45) is 0 Å². The second-order valence-electron chi connectivity index (χ2n) is 4.91. The number of aromatic amines is 3. The van der Waals surface area contributed by atoms with Crippen LogP contribution in [0.1, 0.15) is 0 Å². The Morgan fingerprint density at radius 3 is 2.78 bits per heavy atom. The highest BCUT2D eigenvalue weighted by atomic mass is 32.2. The van der Waals surface area contributed by atoms with Crippen molar-refractivity contribution >= 4 is 26.9 Å². The number of benzene rings is 1. The molecule has 2 heterocycles. The highest BCUT2D eigenvalue weighted by Crippen LogP contribution is 2.30. The Labute approximate surface area is 130 Å². The molecular formula is C13H14N5O4S+. The summed E-state index contributed by atoms with van der Waals surface area (Å²) in [6, 6.07) is 6.24. The molecule has 0 saturated carbocycles. The van der Waals surface area contributed by atoms with Crippen LogP contribution in [-0.4, -0.2) is 37.0 Å². The summed E-state index contributed by atoms with van der Waals surface area (Å²) in [5.74, 6) is 1.03. The van der Waals surface area contributed by atoms with Gasteiger partial charge in [-0.05, 0) is 17.2 Å². The minimum atomic E-state index is -3.37. The molecule has 0 aliphatic heterocycles. The van der Waals surface area contributed by atoms with Crippen molar-refractivity contribution in [1.29, 1.82) is 0 Å². The Morgan fingerprint density at radius 1 is 1.30 bits per heavy atom. The van der Waals surface area contributed by atoms with Crippen LogP contribution in [0.3, 0.4) is 0 Å². The first-order valence-corrected chi connectivity index (χ1v) is 8.42. The van der Waals surface area contributed by atoms with Gasteiger partial charge in [0.1, 0.15) is 5.75 Å². The van der Waals surface area contributed by atoms with E-state index in [4.69, 9.17) is 4.74 Å².